The van der Waals surface area contributed by atoms with Crippen LogP contribution in [0.1, 0.15) is 48.8 Å². The summed E-state index contributed by atoms with van der Waals surface area (Å²) < 4.78 is 6.17. The molecule has 0 saturated carbocycles. The Bertz CT molecular complexity index is 1020. The SMILES string of the molecule is COC(=O)CC(c1ccc(C(C)C)cc1)c1c(O)nc2ccccn2c1=O. The van der Waals surface area contributed by atoms with Gasteiger partial charge in [0.05, 0.1) is 19.1 Å². The van der Waals surface area contributed by atoms with Crippen molar-refractivity contribution >= 4 is 11.6 Å². The van der Waals surface area contributed by atoms with Gasteiger partial charge in [-0.1, -0.05) is 44.2 Å². The summed E-state index contributed by atoms with van der Waals surface area (Å²) in [7, 11) is 1.30. The molecule has 140 valence electrons. The third kappa shape index (κ3) is 3.69. The van der Waals surface area contributed by atoms with E-state index < -0.39 is 17.4 Å². The van der Waals surface area contributed by atoms with Crippen molar-refractivity contribution in [3.63, 3.8) is 0 Å². The molecule has 0 bridgehead atoms. The van der Waals surface area contributed by atoms with Gasteiger partial charge in [0.15, 0.2) is 0 Å². The van der Waals surface area contributed by atoms with Crippen molar-refractivity contribution in [3.05, 3.63) is 75.7 Å². The molecule has 1 N–H and O–H groups in total. The number of rotatable bonds is 5. The lowest BCUT2D eigenvalue weighted by atomic mass is 9.88. The second-order valence-corrected chi connectivity index (χ2v) is 6.74. The first kappa shape index (κ1) is 18.6. The molecular formula is C21H22N2O4. The summed E-state index contributed by atoms with van der Waals surface area (Å²) in [6.07, 6.45) is 1.52. The fourth-order valence-electron chi connectivity index (χ4n) is 3.15. The van der Waals surface area contributed by atoms with Crippen molar-refractivity contribution in [2.45, 2.75) is 32.1 Å². The summed E-state index contributed by atoms with van der Waals surface area (Å²) in [6, 6.07) is 12.8. The van der Waals surface area contributed by atoms with Crippen LogP contribution in [-0.2, 0) is 9.53 Å². The van der Waals surface area contributed by atoms with E-state index in [2.05, 4.69) is 18.8 Å². The van der Waals surface area contributed by atoms with Crippen LogP contribution in [0.4, 0.5) is 0 Å². The molecule has 6 nitrogen and oxygen atoms in total. The van der Waals surface area contributed by atoms with Crippen LogP contribution >= 0.6 is 0 Å². The Morgan fingerprint density at radius 3 is 2.44 bits per heavy atom. The predicted octanol–water partition coefficient (Wildman–Crippen LogP) is 3.22. The third-order valence-electron chi connectivity index (χ3n) is 4.70. The van der Waals surface area contributed by atoms with Crippen molar-refractivity contribution in [3.8, 4) is 5.88 Å². The van der Waals surface area contributed by atoms with Crippen LogP contribution in [0.2, 0.25) is 0 Å². The summed E-state index contributed by atoms with van der Waals surface area (Å²) in [4.78, 5) is 29.1. The Labute approximate surface area is 157 Å². The van der Waals surface area contributed by atoms with Crippen LogP contribution in [0.3, 0.4) is 0 Å². The van der Waals surface area contributed by atoms with E-state index in [1.54, 1.807) is 24.4 Å². The van der Waals surface area contributed by atoms with Crippen molar-refractivity contribution in [2.75, 3.05) is 7.11 Å². The second-order valence-electron chi connectivity index (χ2n) is 6.74. The third-order valence-corrected chi connectivity index (χ3v) is 4.70. The molecule has 2 heterocycles. The van der Waals surface area contributed by atoms with Gasteiger partial charge in [0.2, 0.25) is 5.88 Å². The number of fused-ring (bicyclic) bond motifs is 1. The average molecular weight is 366 g/mol. The number of carbonyl (C=O) groups is 1. The lowest BCUT2D eigenvalue weighted by Gasteiger charge is -2.18. The number of pyridine rings is 1. The summed E-state index contributed by atoms with van der Waals surface area (Å²) in [5.74, 6) is -1.13. The van der Waals surface area contributed by atoms with Gasteiger partial charge in [-0.05, 0) is 29.2 Å². The number of ether oxygens (including phenoxy) is 1. The van der Waals surface area contributed by atoms with E-state index in [4.69, 9.17) is 4.74 Å². The van der Waals surface area contributed by atoms with Gasteiger partial charge in [-0.2, -0.15) is 4.98 Å². The maximum absolute atomic E-state index is 13.0. The Balaban J connectivity index is 2.18. The lowest BCUT2D eigenvalue weighted by Crippen LogP contribution is -2.24. The summed E-state index contributed by atoms with van der Waals surface area (Å²) in [5.41, 5.74) is 1.92. The van der Waals surface area contributed by atoms with Gasteiger partial charge in [-0.25, -0.2) is 0 Å². The number of aromatic hydroxyl groups is 1. The number of carbonyl (C=O) groups excluding carboxylic acids is 1. The molecule has 0 spiro atoms. The van der Waals surface area contributed by atoms with Gasteiger partial charge in [0.1, 0.15) is 5.65 Å². The fraction of sp³-hybridized carbons (Fsp3) is 0.286. The van der Waals surface area contributed by atoms with Gasteiger partial charge < -0.3 is 9.84 Å². The smallest absolute Gasteiger partial charge is 0.306 e. The minimum atomic E-state index is -0.657. The molecule has 0 radical (unpaired) electrons. The Morgan fingerprint density at radius 2 is 1.81 bits per heavy atom. The van der Waals surface area contributed by atoms with Gasteiger partial charge in [-0.15, -0.1) is 0 Å². The highest BCUT2D eigenvalue weighted by molar-refractivity contribution is 5.71. The molecule has 1 aromatic carbocycles. The van der Waals surface area contributed by atoms with E-state index in [-0.39, 0.29) is 17.9 Å². The van der Waals surface area contributed by atoms with E-state index >= 15 is 0 Å². The minimum absolute atomic E-state index is 0.0685. The molecule has 0 aliphatic rings. The zero-order chi connectivity index (χ0) is 19.6. The molecule has 0 fully saturated rings. The van der Waals surface area contributed by atoms with Crippen LogP contribution < -0.4 is 5.56 Å². The summed E-state index contributed by atoms with van der Waals surface area (Å²) in [5, 5.41) is 10.5. The number of methoxy groups -OCH3 is 1. The normalized spacial score (nSPS) is 12.3. The number of esters is 1. The van der Waals surface area contributed by atoms with E-state index in [1.807, 2.05) is 24.3 Å². The van der Waals surface area contributed by atoms with Gasteiger partial charge >= 0.3 is 5.97 Å². The first-order valence-corrected chi connectivity index (χ1v) is 8.79. The number of hydrogen-bond acceptors (Lipinski definition) is 5. The lowest BCUT2D eigenvalue weighted by molar-refractivity contribution is -0.140. The Morgan fingerprint density at radius 1 is 1.15 bits per heavy atom. The van der Waals surface area contributed by atoms with E-state index in [1.165, 1.54) is 11.5 Å². The molecule has 1 unspecified atom stereocenters. The van der Waals surface area contributed by atoms with Crippen molar-refractivity contribution in [1.82, 2.24) is 9.38 Å². The van der Waals surface area contributed by atoms with E-state index in [0.29, 0.717) is 11.6 Å². The van der Waals surface area contributed by atoms with Crippen molar-refractivity contribution in [2.24, 2.45) is 0 Å². The van der Waals surface area contributed by atoms with E-state index in [9.17, 15) is 14.7 Å². The average Bonchev–Trinajstić information content (AvgIpc) is 2.67. The van der Waals surface area contributed by atoms with Gasteiger partial charge in [0.25, 0.3) is 5.56 Å². The van der Waals surface area contributed by atoms with Crippen LogP contribution in [0.25, 0.3) is 5.65 Å². The van der Waals surface area contributed by atoms with Crippen LogP contribution in [-0.4, -0.2) is 27.6 Å². The van der Waals surface area contributed by atoms with Crippen LogP contribution in [0.5, 0.6) is 5.88 Å². The monoisotopic (exact) mass is 366 g/mol. The molecule has 0 aliphatic carbocycles. The topological polar surface area (TPSA) is 80.9 Å². The van der Waals surface area contributed by atoms with Crippen LogP contribution in [0.15, 0.2) is 53.5 Å². The largest absolute Gasteiger partial charge is 0.493 e. The number of benzene rings is 1. The second kappa shape index (κ2) is 7.61. The molecule has 3 rings (SSSR count). The Hall–Kier alpha value is -3.15. The maximum atomic E-state index is 13.0. The highest BCUT2D eigenvalue weighted by Gasteiger charge is 2.26. The molecule has 27 heavy (non-hydrogen) atoms. The number of aromatic nitrogens is 2. The van der Waals surface area contributed by atoms with Gasteiger partial charge in [0, 0.05) is 12.1 Å². The first-order chi connectivity index (χ1) is 12.9. The Kier molecular flexibility index (Phi) is 5.26. The molecule has 3 aromatic rings. The summed E-state index contributed by atoms with van der Waals surface area (Å²) in [6.45, 7) is 4.18. The molecule has 0 aliphatic heterocycles. The highest BCUT2D eigenvalue weighted by atomic mass is 16.5. The highest BCUT2D eigenvalue weighted by Crippen LogP contribution is 2.32. The van der Waals surface area contributed by atoms with Crippen molar-refractivity contribution < 1.29 is 14.6 Å². The first-order valence-electron chi connectivity index (χ1n) is 8.79. The molecule has 0 amide bonds. The molecule has 1 atom stereocenters. The zero-order valence-electron chi connectivity index (χ0n) is 15.5. The maximum Gasteiger partial charge on any atom is 0.306 e. The molecule has 2 aromatic heterocycles. The van der Waals surface area contributed by atoms with Gasteiger partial charge in [-0.3, -0.25) is 14.0 Å². The van der Waals surface area contributed by atoms with Crippen molar-refractivity contribution in [1.29, 1.82) is 0 Å². The number of hydrogen-bond donors (Lipinski definition) is 1. The zero-order valence-corrected chi connectivity index (χ0v) is 15.5. The molecule has 0 saturated heterocycles. The number of nitrogens with zero attached hydrogens (tertiary/aromatic N) is 2. The fourth-order valence-corrected chi connectivity index (χ4v) is 3.15. The van der Waals surface area contributed by atoms with E-state index in [0.717, 1.165) is 11.1 Å². The minimum Gasteiger partial charge on any atom is -0.493 e. The molecule has 6 heteroatoms. The summed E-state index contributed by atoms with van der Waals surface area (Å²) >= 11 is 0. The van der Waals surface area contributed by atoms with Crippen LogP contribution in [0, 0.1) is 0 Å². The standard InChI is InChI=1S/C21H22N2O4/c1-13(2)14-7-9-15(10-8-14)16(12-18(24)27-3)19-20(25)22-17-6-4-5-11-23(17)21(19)26/h4-11,13,16,25H,12H2,1-3H3. The predicted molar refractivity (Wildman–Crippen MR) is 102 cm³/mol. The molecular weight excluding hydrogens is 344 g/mol. The quantitative estimate of drug-likeness (QED) is 0.701.